The number of rotatable bonds is 3. The van der Waals surface area contributed by atoms with Gasteiger partial charge in [0, 0.05) is 30.9 Å². The fourth-order valence-corrected chi connectivity index (χ4v) is 2.34. The molecule has 2 heteroatoms. The molecular formula is C14H22N2. The van der Waals surface area contributed by atoms with Crippen LogP contribution in [-0.2, 0) is 0 Å². The normalized spacial score (nSPS) is 21.6. The third-order valence-corrected chi connectivity index (χ3v) is 3.34. The van der Waals surface area contributed by atoms with Gasteiger partial charge in [0.2, 0.25) is 0 Å². The number of nitrogens with one attached hydrogen (secondary N) is 1. The minimum absolute atomic E-state index is 0.615. The molecule has 1 aliphatic heterocycles. The highest BCUT2D eigenvalue weighted by Gasteiger charge is 2.23. The van der Waals surface area contributed by atoms with E-state index in [1.807, 2.05) is 0 Å². The molecule has 16 heavy (non-hydrogen) atoms. The Morgan fingerprint density at radius 3 is 2.81 bits per heavy atom. The molecule has 0 bridgehead atoms. The second kappa shape index (κ2) is 4.88. The molecule has 1 N–H and O–H groups in total. The Morgan fingerprint density at radius 1 is 1.38 bits per heavy atom. The molecule has 1 aliphatic rings. The molecule has 1 fully saturated rings. The van der Waals surface area contributed by atoms with Crippen molar-refractivity contribution in [2.45, 2.75) is 39.3 Å². The Kier molecular flexibility index (Phi) is 3.49. The Balaban J connectivity index is 1.92. The van der Waals surface area contributed by atoms with Crippen LogP contribution >= 0.6 is 0 Å². The maximum absolute atomic E-state index is 3.62. The largest absolute Gasteiger partial charge is 0.381 e. The van der Waals surface area contributed by atoms with Crippen LogP contribution in [0.25, 0.3) is 0 Å². The van der Waals surface area contributed by atoms with Crippen molar-refractivity contribution in [3.05, 3.63) is 29.8 Å². The number of likely N-dealkylation sites (tertiary alicyclic amines) is 1. The van der Waals surface area contributed by atoms with Crippen LogP contribution in [0.15, 0.2) is 24.3 Å². The summed E-state index contributed by atoms with van der Waals surface area (Å²) in [6.45, 7) is 9.08. The zero-order chi connectivity index (χ0) is 11.5. The molecule has 1 saturated heterocycles. The Hall–Kier alpha value is -1.02. The molecule has 88 valence electrons. The second-order valence-electron chi connectivity index (χ2n) is 5.09. The fraction of sp³-hybridized carbons (Fsp3) is 0.571. The molecule has 0 aromatic heterocycles. The fourth-order valence-electron chi connectivity index (χ4n) is 2.34. The molecule has 2 nitrogen and oxygen atoms in total. The lowest BCUT2D eigenvalue weighted by Gasteiger charge is -2.21. The Bertz CT molecular complexity index is 346. The van der Waals surface area contributed by atoms with E-state index < -0.39 is 0 Å². The first-order valence-electron chi connectivity index (χ1n) is 6.22. The molecular weight excluding hydrogens is 196 g/mol. The first-order chi connectivity index (χ1) is 7.65. The molecule has 2 rings (SSSR count). The van der Waals surface area contributed by atoms with Crippen molar-refractivity contribution in [1.29, 1.82) is 0 Å². The highest BCUT2D eigenvalue weighted by Crippen LogP contribution is 2.18. The molecule has 1 atom stereocenters. The second-order valence-corrected chi connectivity index (χ2v) is 5.09. The number of anilines is 1. The lowest BCUT2D eigenvalue weighted by molar-refractivity contribution is 0.274. The first-order valence-corrected chi connectivity index (χ1v) is 6.22. The zero-order valence-corrected chi connectivity index (χ0v) is 10.5. The van der Waals surface area contributed by atoms with Gasteiger partial charge in [-0.25, -0.2) is 0 Å². The monoisotopic (exact) mass is 218 g/mol. The average molecular weight is 218 g/mol. The van der Waals surface area contributed by atoms with Gasteiger partial charge in [-0.3, -0.25) is 4.90 Å². The van der Waals surface area contributed by atoms with E-state index in [1.165, 1.54) is 30.8 Å². The summed E-state index contributed by atoms with van der Waals surface area (Å²) in [5, 5.41) is 3.62. The number of nitrogens with zero attached hydrogens (tertiary/aromatic N) is 1. The van der Waals surface area contributed by atoms with E-state index in [1.54, 1.807) is 0 Å². The van der Waals surface area contributed by atoms with E-state index in [0.29, 0.717) is 12.1 Å². The summed E-state index contributed by atoms with van der Waals surface area (Å²) in [7, 11) is 0. The number of hydrogen-bond donors (Lipinski definition) is 1. The summed E-state index contributed by atoms with van der Waals surface area (Å²) in [4.78, 5) is 2.54. The van der Waals surface area contributed by atoms with Crippen molar-refractivity contribution in [2.75, 3.05) is 18.4 Å². The topological polar surface area (TPSA) is 15.3 Å². The molecule has 1 aromatic rings. The molecule has 0 spiro atoms. The molecule has 0 amide bonds. The summed E-state index contributed by atoms with van der Waals surface area (Å²) in [5.74, 6) is 0. The minimum Gasteiger partial charge on any atom is -0.381 e. The summed E-state index contributed by atoms with van der Waals surface area (Å²) in [6.07, 6.45) is 1.26. The van der Waals surface area contributed by atoms with Crippen LogP contribution in [0.3, 0.4) is 0 Å². The van der Waals surface area contributed by atoms with Gasteiger partial charge in [-0.1, -0.05) is 12.1 Å². The van der Waals surface area contributed by atoms with E-state index in [-0.39, 0.29) is 0 Å². The number of aryl methyl sites for hydroxylation is 1. The van der Waals surface area contributed by atoms with Gasteiger partial charge in [-0.15, -0.1) is 0 Å². The molecule has 0 radical (unpaired) electrons. The number of hydrogen-bond acceptors (Lipinski definition) is 2. The lowest BCUT2D eigenvalue weighted by atomic mass is 10.2. The van der Waals surface area contributed by atoms with Crippen molar-refractivity contribution in [3.8, 4) is 0 Å². The van der Waals surface area contributed by atoms with Gasteiger partial charge in [0.25, 0.3) is 0 Å². The molecule has 1 aromatic carbocycles. The SMILES string of the molecule is Cc1cccc(NC2CCN(C(C)C)C2)c1. The van der Waals surface area contributed by atoms with Crippen molar-refractivity contribution >= 4 is 5.69 Å². The average Bonchev–Trinajstić information content (AvgIpc) is 2.66. The van der Waals surface area contributed by atoms with Crippen LogP contribution in [0.4, 0.5) is 5.69 Å². The van der Waals surface area contributed by atoms with Crippen molar-refractivity contribution < 1.29 is 0 Å². The lowest BCUT2D eigenvalue weighted by Crippen LogP contribution is -2.31. The van der Waals surface area contributed by atoms with Crippen LogP contribution in [-0.4, -0.2) is 30.1 Å². The van der Waals surface area contributed by atoms with E-state index in [9.17, 15) is 0 Å². The maximum atomic E-state index is 3.62. The first kappa shape index (κ1) is 11.5. The summed E-state index contributed by atoms with van der Waals surface area (Å²) < 4.78 is 0. The van der Waals surface area contributed by atoms with Gasteiger partial charge in [-0.2, -0.15) is 0 Å². The van der Waals surface area contributed by atoms with Crippen LogP contribution in [0, 0.1) is 6.92 Å². The smallest absolute Gasteiger partial charge is 0.0400 e. The van der Waals surface area contributed by atoms with Gasteiger partial charge in [-0.05, 0) is 44.9 Å². The summed E-state index contributed by atoms with van der Waals surface area (Å²) in [5.41, 5.74) is 2.58. The summed E-state index contributed by atoms with van der Waals surface area (Å²) in [6, 6.07) is 9.92. The highest BCUT2D eigenvalue weighted by molar-refractivity contribution is 5.46. The standard InChI is InChI=1S/C14H22N2/c1-11(2)16-8-7-14(10-16)15-13-6-4-5-12(3)9-13/h4-6,9,11,14-15H,7-8,10H2,1-3H3. The Labute approximate surface area is 98.7 Å². The molecule has 0 aliphatic carbocycles. The molecule has 1 heterocycles. The third kappa shape index (κ3) is 2.76. The third-order valence-electron chi connectivity index (χ3n) is 3.34. The van der Waals surface area contributed by atoms with E-state index >= 15 is 0 Å². The van der Waals surface area contributed by atoms with Crippen molar-refractivity contribution in [2.24, 2.45) is 0 Å². The number of benzene rings is 1. The molecule has 0 saturated carbocycles. The van der Waals surface area contributed by atoms with E-state index in [0.717, 1.165) is 0 Å². The maximum Gasteiger partial charge on any atom is 0.0400 e. The van der Waals surface area contributed by atoms with E-state index in [4.69, 9.17) is 0 Å². The zero-order valence-electron chi connectivity index (χ0n) is 10.5. The van der Waals surface area contributed by atoms with Crippen LogP contribution in [0.1, 0.15) is 25.8 Å². The van der Waals surface area contributed by atoms with Crippen LogP contribution in [0.2, 0.25) is 0 Å². The van der Waals surface area contributed by atoms with Gasteiger partial charge < -0.3 is 5.32 Å². The van der Waals surface area contributed by atoms with Crippen LogP contribution < -0.4 is 5.32 Å². The molecule has 1 unspecified atom stereocenters. The minimum atomic E-state index is 0.615. The van der Waals surface area contributed by atoms with Gasteiger partial charge in [0.1, 0.15) is 0 Å². The predicted molar refractivity (Wildman–Crippen MR) is 69.9 cm³/mol. The van der Waals surface area contributed by atoms with Crippen molar-refractivity contribution in [1.82, 2.24) is 4.90 Å². The van der Waals surface area contributed by atoms with Gasteiger partial charge in [0.05, 0.1) is 0 Å². The summed E-state index contributed by atoms with van der Waals surface area (Å²) >= 11 is 0. The van der Waals surface area contributed by atoms with Crippen molar-refractivity contribution in [3.63, 3.8) is 0 Å². The van der Waals surface area contributed by atoms with Crippen LogP contribution in [0.5, 0.6) is 0 Å². The van der Waals surface area contributed by atoms with Gasteiger partial charge in [0.15, 0.2) is 0 Å². The quantitative estimate of drug-likeness (QED) is 0.839. The highest BCUT2D eigenvalue weighted by atomic mass is 15.2. The predicted octanol–water partition coefficient (Wildman–Crippen LogP) is 2.89. The van der Waals surface area contributed by atoms with Gasteiger partial charge >= 0.3 is 0 Å². The Morgan fingerprint density at radius 2 is 2.19 bits per heavy atom. The van der Waals surface area contributed by atoms with E-state index in [2.05, 4.69) is 55.3 Å².